The van der Waals surface area contributed by atoms with Crippen LogP contribution < -0.4 is 14.8 Å². The summed E-state index contributed by atoms with van der Waals surface area (Å²) in [5, 5.41) is 2.79. The van der Waals surface area contributed by atoms with Gasteiger partial charge in [0.25, 0.3) is 5.91 Å². The average Bonchev–Trinajstić information content (AvgIpc) is 2.82. The van der Waals surface area contributed by atoms with Crippen LogP contribution in [0.5, 0.6) is 11.5 Å². The molecule has 0 aromatic heterocycles. The molecule has 0 bridgehead atoms. The van der Waals surface area contributed by atoms with Crippen molar-refractivity contribution in [1.82, 2.24) is 4.90 Å². The first kappa shape index (κ1) is 21.9. The van der Waals surface area contributed by atoms with Gasteiger partial charge in [-0.2, -0.15) is 0 Å². The third kappa shape index (κ3) is 5.85. The standard InChI is InChI=1S/C25H26N2O4/c1-3-27(17-24(28)26-21-14-8-10-16-23(21)30-2)25(29)18-31-22-15-9-7-13-20(22)19-11-5-4-6-12-19/h4-16H,3,17-18H2,1-2H3,(H,26,28). The maximum absolute atomic E-state index is 12.7. The van der Waals surface area contributed by atoms with E-state index in [1.54, 1.807) is 18.2 Å². The van der Waals surface area contributed by atoms with Crippen molar-refractivity contribution in [2.45, 2.75) is 6.92 Å². The zero-order valence-electron chi connectivity index (χ0n) is 17.7. The molecule has 2 amide bonds. The highest BCUT2D eigenvalue weighted by Gasteiger charge is 2.18. The van der Waals surface area contributed by atoms with E-state index >= 15 is 0 Å². The molecule has 3 aromatic rings. The molecule has 0 unspecified atom stereocenters. The maximum atomic E-state index is 12.7. The van der Waals surface area contributed by atoms with Crippen LogP contribution >= 0.6 is 0 Å². The Bertz CT molecular complexity index is 1020. The molecular weight excluding hydrogens is 392 g/mol. The van der Waals surface area contributed by atoms with Crippen molar-refractivity contribution in [3.05, 3.63) is 78.9 Å². The van der Waals surface area contributed by atoms with Crippen LogP contribution in [0, 0.1) is 0 Å². The molecule has 6 heteroatoms. The van der Waals surface area contributed by atoms with Gasteiger partial charge in [-0.3, -0.25) is 9.59 Å². The monoisotopic (exact) mass is 418 g/mol. The lowest BCUT2D eigenvalue weighted by atomic mass is 10.1. The number of methoxy groups -OCH3 is 1. The highest BCUT2D eigenvalue weighted by molar-refractivity contribution is 5.95. The van der Waals surface area contributed by atoms with Gasteiger partial charge < -0.3 is 19.7 Å². The Labute approximate surface area is 182 Å². The van der Waals surface area contributed by atoms with Gasteiger partial charge in [0.15, 0.2) is 6.61 Å². The SMILES string of the molecule is CCN(CC(=O)Nc1ccccc1OC)C(=O)COc1ccccc1-c1ccccc1. The number of para-hydroxylation sites is 3. The average molecular weight is 418 g/mol. The number of carbonyl (C=O) groups is 2. The van der Waals surface area contributed by atoms with Crippen LogP contribution in [0.15, 0.2) is 78.9 Å². The molecule has 160 valence electrons. The van der Waals surface area contributed by atoms with Gasteiger partial charge in [0, 0.05) is 12.1 Å². The number of ether oxygens (including phenoxy) is 2. The number of carbonyl (C=O) groups excluding carboxylic acids is 2. The molecule has 0 aliphatic rings. The Hall–Kier alpha value is -3.80. The summed E-state index contributed by atoms with van der Waals surface area (Å²) < 4.78 is 11.1. The summed E-state index contributed by atoms with van der Waals surface area (Å²) in [7, 11) is 1.54. The molecule has 3 aromatic carbocycles. The van der Waals surface area contributed by atoms with Crippen LogP contribution in [-0.2, 0) is 9.59 Å². The van der Waals surface area contributed by atoms with E-state index in [1.165, 1.54) is 12.0 Å². The number of anilines is 1. The molecule has 0 saturated heterocycles. The van der Waals surface area contributed by atoms with Gasteiger partial charge >= 0.3 is 0 Å². The second-order valence-electron chi connectivity index (χ2n) is 6.81. The molecule has 1 N–H and O–H groups in total. The number of likely N-dealkylation sites (N-methyl/N-ethyl adjacent to an activating group) is 1. The fraction of sp³-hybridized carbons (Fsp3) is 0.200. The van der Waals surface area contributed by atoms with Crippen molar-refractivity contribution in [3.8, 4) is 22.6 Å². The predicted octanol–water partition coefficient (Wildman–Crippen LogP) is 4.23. The summed E-state index contributed by atoms with van der Waals surface area (Å²) in [6, 6.07) is 24.6. The van der Waals surface area contributed by atoms with Crippen LogP contribution in [0.2, 0.25) is 0 Å². The minimum atomic E-state index is -0.301. The molecule has 0 aliphatic carbocycles. The van der Waals surface area contributed by atoms with Gasteiger partial charge in [-0.25, -0.2) is 0 Å². The van der Waals surface area contributed by atoms with Crippen molar-refractivity contribution >= 4 is 17.5 Å². The van der Waals surface area contributed by atoms with Crippen LogP contribution in [0.4, 0.5) is 5.69 Å². The topological polar surface area (TPSA) is 67.9 Å². The highest BCUT2D eigenvalue weighted by Crippen LogP contribution is 2.29. The van der Waals surface area contributed by atoms with E-state index in [9.17, 15) is 9.59 Å². The minimum absolute atomic E-state index is 0.0723. The summed E-state index contributed by atoms with van der Waals surface area (Å²) in [6.45, 7) is 1.99. The number of nitrogens with one attached hydrogen (secondary N) is 1. The molecule has 0 fully saturated rings. The summed E-state index contributed by atoms with van der Waals surface area (Å²) in [5.41, 5.74) is 2.48. The Balaban J connectivity index is 1.61. The smallest absolute Gasteiger partial charge is 0.260 e. The van der Waals surface area contributed by atoms with E-state index in [1.807, 2.05) is 67.6 Å². The summed E-state index contributed by atoms with van der Waals surface area (Å²) in [6.07, 6.45) is 0. The number of amides is 2. The Morgan fingerprint density at radius 3 is 2.23 bits per heavy atom. The summed E-state index contributed by atoms with van der Waals surface area (Å²) in [4.78, 5) is 26.6. The minimum Gasteiger partial charge on any atom is -0.495 e. The third-order valence-corrected chi connectivity index (χ3v) is 4.77. The van der Waals surface area contributed by atoms with Crippen LogP contribution in [0.25, 0.3) is 11.1 Å². The van der Waals surface area contributed by atoms with Crippen LogP contribution in [0.3, 0.4) is 0 Å². The number of nitrogens with zero attached hydrogens (tertiary/aromatic N) is 1. The number of hydrogen-bond acceptors (Lipinski definition) is 4. The van der Waals surface area contributed by atoms with E-state index in [0.717, 1.165) is 11.1 Å². The Kier molecular flexibility index (Phi) is 7.65. The lowest BCUT2D eigenvalue weighted by Crippen LogP contribution is -2.40. The van der Waals surface area contributed by atoms with E-state index < -0.39 is 0 Å². The quantitative estimate of drug-likeness (QED) is 0.565. The second kappa shape index (κ2) is 10.8. The van der Waals surface area contributed by atoms with Gasteiger partial charge in [-0.05, 0) is 30.7 Å². The molecule has 0 saturated carbocycles. The molecule has 6 nitrogen and oxygen atoms in total. The number of rotatable bonds is 9. The maximum Gasteiger partial charge on any atom is 0.260 e. The van der Waals surface area contributed by atoms with Gasteiger partial charge in [-0.1, -0.05) is 60.7 Å². The summed E-state index contributed by atoms with van der Waals surface area (Å²) >= 11 is 0. The van der Waals surface area contributed by atoms with Crippen molar-refractivity contribution in [2.24, 2.45) is 0 Å². The molecule has 0 spiro atoms. The number of hydrogen-bond donors (Lipinski definition) is 1. The second-order valence-corrected chi connectivity index (χ2v) is 6.81. The largest absolute Gasteiger partial charge is 0.495 e. The first-order valence-corrected chi connectivity index (χ1v) is 10.1. The molecule has 31 heavy (non-hydrogen) atoms. The molecule has 0 radical (unpaired) electrons. The summed E-state index contributed by atoms with van der Waals surface area (Å²) in [5.74, 6) is 0.618. The molecular formula is C25H26N2O4. The number of benzene rings is 3. The van der Waals surface area contributed by atoms with E-state index in [4.69, 9.17) is 9.47 Å². The fourth-order valence-electron chi connectivity index (χ4n) is 3.17. The molecule has 0 aliphatic heterocycles. The zero-order valence-corrected chi connectivity index (χ0v) is 17.7. The van der Waals surface area contributed by atoms with Crippen LogP contribution in [0.1, 0.15) is 6.92 Å². The Morgan fingerprint density at radius 2 is 1.52 bits per heavy atom. The molecule has 0 atom stereocenters. The molecule has 0 heterocycles. The van der Waals surface area contributed by atoms with Gasteiger partial charge in [0.1, 0.15) is 11.5 Å². The van der Waals surface area contributed by atoms with Crippen LogP contribution in [-0.4, -0.2) is 43.5 Å². The fourth-order valence-corrected chi connectivity index (χ4v) is 3.17. The van der Waals surface area contributed by atoms with E-state index in [-0.39, 0.29) is 25.0 Å². The lowest BCUT2D eigenvalue weighted by molar-refractivity contribution is -0.136. The lowest BCUT2D eigenvalue weighted by Gasteiger charge is -2.21. The van der Waals surface area contributed by atoms with E-state index in [0.29, 0.717) is 23.7 Å². The normalized spacial score (nSPS) is 10.3. The van der Waals surface area contributed by atoms with Gasteiger partial charge in [-0.15, -0.1) is 0 Å². The first-order chi connectivity index (χ1) is 15.1. The van der Waals surface area contributed by atoms with Crippen molar-refractivity contribution in [3.63, 3.8) is 0 Å². The zero-order chi connectivity index (χ0) is 22.1. The molecule has 3 rings (SSSR count). The van der Waals surface area contributed by atoms with Gasteiger partial charge in [0.05, 0.1) is 19.3 Å². The highest BCUT2D eigenvalue weighted by atomic mass is 16.5. The van der Waals surface area contributed by atoms with Crippen molar-refractivity contribution in [1.29, 1.82) is 0 Å². The van der Waals surface area contributed by atoms with Crippen molar-refractivity contribution < 1.29 is 19.1 Å². The van der Waals surface area contributed by atoms with Crippen molar-refractivity contribution in [2.75, 3.05) is 32.1 Å². The predicted molar refractivity (Wildman–Crippen MR) is 121 cm³/mol. The van der Waals surface area contributed by atoms with Gasteiger partial charge in [0.2, 0.25) is 5.91 Å². The first-order valence-electron chi connectivity index (χ1n) is 10.1. The Morgan fingerprint density at radius 1 is 0.871 bits per heavy atom. The third-order valence-electron chi connectivity index (χ3n) is 4.77. The van der Waals surface area contributed by atoms with E-state index in [2.05, 4.69) is 5.32 Å².